The first-order valence-corrected chi connectivity index (χ1v) is 12.6. The van der Waals surface area contributed by atoms with Gasteiger partial charge in [0.1, 0.15) is 0 Å². The summed E-state index contributed by atoms with van der Waals surface area (Å²) in [6.45, 7) is 9.65. The highest BCUT2D eigenvalue weighted by molar-refractivity contribution is 5.83. The Morgan fingerprint density at radius 3 is 2.18 bits per heavy atom. The molecule has 0 saturated heterocycles. The van der Waals surface area contributed by atoms with Crippen LogP contribution in [0.4, 0.5) is 0 Å². The van der Waals surface area contributed by atoms with Crippen molar-refractivity contribution in [3.05, 3.63) is 47.8 Å². The number of nitrogens with two attached hydrogens (primary N) is 3. The van der Waals surface area contributed by atoms with Crippen molar-refractivity contribution < 1.29 is 14.4 Å². The normalized spacial score (nSPS) is 10.2. The number of H-pyrrole nitrogens is 1. The molecule has 12 heteroatoms. The van der Waals surface area contributed by atoms with E-state index in [0.717, 1.165) is 22.7 Å². The molecular formula is C27H49N9O3. The fourth-order valence-corrected chi connectivity index (χ4v) is 2.52. The van der Waals surface area contributed by atoms with Gasteiger partial charge in [-0.1, -0.05) is 45.0 Å². The average Bonchev–Trinajstić information content (AvgIpc) is 3.23. The van der Waals surface area contributed by atoms with Crippen LogP contribution in [-0.2, 0) is 20.9 Å². The third-order valence-electron chi connectivity index (χ3n) is 3.85. The lowest BCUT2D eigenvalue weighted by Crippen LogP contribution is -2.32. The number of hydrogen-bond donors (Lipinski definition) is 7. The first-order chi connectivity index (χ1) is 18.3. The van der Waals surface area contributed by atoms with E-state index in [1.54, 1.807) is 0 Å². The second kappa shape index (κ2) is 23.2. The lowest BCUT2D eigenvalue weighted by atomic mass is 10.2. The minimum atomic E-state index is -0.535. The standard InChI is InChI=1S/C17H24N6O.C4H10.C3H6N2O2.C3H9N/c1-12(5-4-8-21-17(18)19)23-16(24)11-20-9-13-10-22-15-7-3-2-6-14(13)15;1-4(2)3;4-3(7)1-5-2-6;1-4(2)3/h2-3,5-7,10,20,22H,4,8-9,11H2,1H3,(H,23,24)(H4,18,19,21);4H,1-3H3;2H,1H2,(H2,4,7)(H,5,6);1-3H3/b12-5+;;;. The lowest BCUT2D eigenvalue weighted by Gasteiger charge is -2.07. The number of aliphatic imine (C=N–C) groups is 1. The van der Waals surface area contributed by atoms with Crippen molar-refractivity contribution in [1.82, 2.24) is 25.8 Å². The van der Waals surface area contributed by atoms with Gasteiger partial charge in [0.15, 0.2) is 5.96 Å². The number of allylic oxidation sites excluding steroid dienone is 1. The largest absolute Gasteiger partial charge is 0.370 e. The predicted octanol–water partition coefficient (Wildman–Crippen LogP) is 0.999. The molecule has 0 atom stereocenters. The van der Waals surface area contributed by atoms with Crippen molar-refractivity contribution in [3.63, 3.8) is 0 Å². The van der Waals surface area contributed by atoms with Crippen LogP contribution >= 0.6 is 0 Å². The maximum Gasteiger partial charge on any atom is 0.238 e. The molecule has 0 saturated carbocycles. The molecule has 3 amide bonds. The smallest absolute Gasteiger partial charge is 0.238 e. The van der Waals surface area contributed by atoms with Gasteiger partial charge in [-0.05, 0) is 52.0 Å². The molecule has 0 bridgehead atoms. The van der Waals surface area contributed by atoms with Crippen LogP contribution in [0.15, 0.2) is 47.2 Å². The molecule has 0 aliphatic carbocycles. The molecule has 220 valence electrons. The van der Waals surface area contributed by atoms with E-state index in [1.807, 2.05) is 63.4 Å². The van der Waals surface area contributed by atoms with E-state index in [1.165, 1.54) is 5.39 Å². The van der Waals surface area contributed by atoms with Crippen LogP contribution in [0, 0.1) is 5.92 Å². The zero-order chi connectivity index (χ0) is 30.2. The van der Waals surface area contributed by atoms with Gasteiger partial charge in [0.25, 0.3) is 0 Å². The van der Waals surface area contributed by atoms with Crippen LogP contribution in [0.1, 0.15) is 39.7 Å². The number of aromatic nitrogens is 1. The summed E-state index contributed by atoms with van der Waals surface area (Å²) in [4.78, 5) is 40.1. The Morgan fingerprint density at radius 2 is 1.67 bits per heavy atom. The van der Waals surface area contributed by atoms with E-state index in [-0.39, 0.29) is 25.0 Å². The van der Waals surface area contributed by atoms with Gasteiger partial charge in [0.2, 0.25) is 18.2 Å². The number of aromatic amines is 1. The Hall–Kier alpha value is -3.90. The van der Waals surface area contributed by atoms with Gasteiger partial charge in [-0.15, -0.1) is 0 Å². The van der Waals surface area contributed by atoms with E-state index in [0.29, 0.717) is 25.9 Å². The number of benzene rings is 1. The van der Waals surface area contributed by atoms with Gasteiger partial charge >= 0.3 is 0 Å². The van der Waals surface area contributed by atoms with Gasteiger partial charge < -0.3 is 43.0 Å². The average molecular weight is 548 g/mol. The Morgan fingerprint density at radius 1 is 1.08 bits per heavy atom. The lowest BCUT2D eigenvalue weighted by molar-refractivity contribution is -0.120. The van der Waals surface area contributed by atoms with Crippen molar-refractivity contribution in [1.29, 1.82) is 0 Å². The van der Waals surface area contributed by atoms with Crippen LogP contribution in [0.2, 0.25) is 0 Å². The van der Waals surface area contributed by atoms with Gasteiger partial charge in [-0.2, -0.15) is 0 Å². The van der Waals surface area contributed by atoms with Crippen molar-refractivity contribution in [2.75, 3.05) is 40.8 Å². The number of fused-ring (bicyclic) bond motifs is 1. The highest BCUT2D eigenvalue weighted by Crippen LogP contribution is 2.17. The molecule has 10 N–H and O–H groups in total. The highest BCUT2D eigenvalue weighted by atomic mass is 16.2. The van der Waals surface area contributed by atoms with Gasteiger partial charge in [-0.3, -0.25) is 19.4 Å². The Kier molecular flexibility index (Phi) is 22.2. The maximum absolute atomic E-state index is 11.9. The monoisotopic (exact) mass is 547 g/mol. The first-order valence-electron chi connectivity index (χ1n) is 12.6. The SMILES string of the molecule is C/C(=C\CCN=C(N)N)NC(=O)CNCc1c[nH]c2ccccc12.CC(C)C.CN(C)C.NC(=O)CNC=O. The molecule has 1 heterocycles. The van der Waals surface area contributed by atoms with Crippen LogP contribution in [-0.4, -0.2) is 74.8 Å². The minimum absolute atomic E-state index is 0.0755. The van der Waals surface area contributed by atoms with Crippen molar-refractivity contribution in [3.8, 4) is 0 Å². The number of primary amides is 1. The predicted molar refractivity (Wildman–Crippen MR) is 161 cm³/mol. The Balaban J connectivity index is 0. The fourth-order valence-electron chi connectivity index (χ4n) is 2.52. The quantitative estimate of drug-likeness (QED) is 0.0942. The molecule has 0 aliphatic heterocycles. The Bertz CT molecular complexity index is 999. The van der Waals surface area contributed by atoms with Crippen LogP contribution in [0.5, 0.6) is 0 Å². The summed E-state index contributed by atoms with van der Waals surface area (Å²) < 4.78 is 0. The molecule has 0 spiro atoms. The summed E-state index contributed by atoms with van der Waals surface area (Å²) in [5, 5.41) is 9.24. The van der Waals surface area contributed by atoms with E-state index < -0.39 is 5.91 Å². The second-order valence-corrected chi connectivity index (χ2v) is 9.53. The molecule has 1 aromatic carbocycles. The summed E-state index contributed by atoms with van der Waals surface area (Å²) in [7, 11) is 6.00. The van der Waals surface area contributed by atoms with Gasteiger partial charge in [0, 0.05) is 35.9 Å². The summed E-state index contributed by atoms with van der Waals surface area (Å²) in [6, 6.07) is 8.09. The zero-order valence-corrected chi connectivity index (χ0v) is 24.5. The molecule has 2 rings (SSSR count). The number of rotatable bonds is 11. The number of carbonyl (C=O) groups is 3. The number of para-hydroxylation sites is 1. The molecule has 1 aromatic heterocycles. The third-order valence-corrected chi connectivity index (χ3v) is 3.85. The molecular weight excluding hydrogens is 498 g/mol. The van der Waals surface area contributed by atoms with Crippen LogP contribution in [0.3, 0.4) is 0 Å². The summed E-state index contributed by atoms with van der Waals surface area (Å²) in [5.41, 5.74) is 18.1. The third kappa shape index (κ3) is 25.5. The van der Waals surface area contributed by atoms with Crippen molar-refractivity contribution >= 4 is 35.1 Å². The molecule has 39 heavy (non-hydrogen) atoms. The van der Waals surface area contributed by atoms with Gasteiger partial charge in [0.05, 0.1) is 13.1 Å². The first kappa shape index (κ1) is 37.3. The molecule has 0 fully saturated rings. The summed E-state index contributed by atoms with van der Waals surface area (Å²) in [6.07, 6.45) is 4.95. The number of nitrogens with one attached hydrogen (secondary N) is 4. The maximum atomic E-state index is 11.9. The number of carbonyl (C=O) groups excluding carboxylic acids is 3. The van der Waals surface area contributed by atoms with Crippen molar-refractivity contribution in [2.24, 2.45) is 28.1 Å². The number of nitrogens with zero attached hydrogens (tertiary/aromatic N) is 2. The zero-order valence-electron chi connectivity index (χ0n) is 24.5. The van der Waals surface area contributed by atoms with Gasteiger partial charge in [-0.25, -0.2) is 0 Å². The molecule has 12 nitrogen and oxygen atoms in total. The second-order valence-electron chi connectivity index (χ2n) is 9.53. The molecule has 0 aliphatic rings. The summed E-state index contributed by atoms with van der Waals surface area (Å²) in [5.74, 6) is 0.295. The van der Waals surface area contributed by atoms with Crippen LogP contribution < -0.4 is 33.2 Å². The van der Waals surface area contributed by atoms with Crippen molar-refractivity contribution in [2.45, 2.75) is 40.7 Å². The van der Waals surface area contributed by atoms with E-state index in [4.69, 9.17) is 11.5 Å². The highest BCUT2D eigenvalue weighted by Gasteiger charge is 2.04. The number of hydrogen-bond acceptors (Lipinski definition) is 6. The minimum Gasteiger partial charge on any atom is -0.370 e. The number of amides is 3. The topological polar surface area (TPSA) is 197 Å². The Labute approximate surface area is 232 Å². The number of guanidine groups is 1. The fraction of sp³-hybridized carbons (Fsp3) is 0.481. The van der Waals surface area contributed by atoms with E-state index in [2.05, 4.69) is 58.5 Å². The van der Waals surface area contributed by atoms with E-state index >= 15 is 0 Å². The molecule has 2 aromatic rings. The van der Waals surface area contributed by atoms with Crippen LogP contribution in [0.25, 0.3) is 10.9 Å². The summed E-state index contributed by atoms with van der Waals surface area (Å²) >= 11 is 0. The van der Waals surface area contributed by atoms with E-state index in [9.17, 15) is 14.4 Å². The molecule has 0 unspecified atom stereocenters. The molecule has 0 radical (unpaired) electrons.